The molecule has 12 heavy (non-hydrogen) atoms. The summed E-state index contributed by atoms with van der Waals surface area (Å²) in [5, 5.41) is 8.42. The zero-order valence-electron chi connectivity index (χ0n) is 7.07. The summed E-state index contributed by atoms with van der Waals surface area (Å²) in [6.45, 7) is 0.193. The van der Waals surface area contributed by atoms with E-state index in [4.69, 9.17) is 9.66 Å². The molecule has 0 atom stereocenters. The summed E-state index contributed by atoms with van der Waals surface area (Å²) in [5.74, 6) is -0.147. The average Bonchev–Trinajstić information content (AvgIpc) is 1.94. The molecule has 0 fully saturated rings. The van der Waals surface area contributed by atoms with E-state index >= 15 is 0 Å². The predicted octanol–water partition coefficient (Wildman–Crippen LogP) is 0.817. The highest BCUT2D eigenvalue weighted by Gasteiger charge is 2.02. The van der Waals surface area contributed by atoms with Crippen molar-refractivity contribution >= 4 is 10.1 Å². The Hall–Kier alpha value is -0.130. The van der Waals surface area contributed by atoms with E-state index in [0.29, 0.717) is 6.42 Å². The minimum absolute atomic E-state index is 0.147. The molecule has 0 saturated carbocycles. The highest BCUT2D eigenvalue weighted by Crippen LogP contribution is 2.03. The van der Waals surface area contributed by atoms with Gasteiger partial charge in [-0.15, -0.1) is 0 Å². The second-order valence-electron chi connectivity index (χ2n) is 2.78. The van der Waals surface area contributed by atoms with Crippen LogP contribution >= 0.6 is 0 Å². The van der Waals surface area contributed by atoms with E-state index in [1.807, 2.05) is 0 Å². The third-order valence-electron chi connectivity index (χ3n) is 1.56. The first-order valence-electron chi connectivity index (χ1n) is 4.12. The van der Waals surface area contributed by atoms with Gasteiger partial charge in [0, 0.05) is 6.61 Å². The molecule has 0 aliphatic heterocycles. The number of unbranched alkanes of at least 4 members (excludes halogenated alkanes) is 4. The molecular formula is C7H16O4S. The van der Waals surface area contributed by atoms with Gasteiger partial charge in [-0.25, -0.2) is 0 Å². The van der Waals surface area contributed by atoms with Gasteiger partial charge in [0.05, 0.1) is 5.75 Å². The summed E-state index contributed by atoms with van der Waals surface area (Å²) in [6.07, 6.45) is 3.90. The molecule has 2 N–H and O–H groups in total. The molecule has 0 aromatic rings. The highest BCUT2D eigenvalue weighted by molar-refractivity contribution is 7.85. The van der Waals surface area contributed by atoms with E-state index < -0.39 is 10.1 Å². The molecule has 0 rings (SSSR count). The normalized spacial score (nSPS) is 11.8. The van der Waals surface area contributed by atoms with Crippen LogP contribution in [-0.2, 0) is 10.1 Å². The smallest absolute Gasteiger partial charge is 0.264 e. The van der Waals surface area contributed by atoms with Gasteiger partial charge in [0.25, 0.3) is 10.1 Å². The van der Waals surface area contributed by atoms with E-state index in [-0.39, 0.29) is 12.4 Å². The Morgan fingerprint density at radius 1 is 0.917 bits per heavy atom. The SMILES string of the molecule is O=S(=O)(O)CCCCCCCO. The number of aliphatic hydroxyl groups is 1. The third kappa shape index (κ3) is 9.87. The van der Waals surface area contributed by atoms with Gasteiger partial charge >= 0.3 is 0 Å². The molecule has 5 heteroatoms. The van der Waals surface area contributed by atoms with Crippen LogP contribution in [0.15, 0.2) is 0 Å². The van der Waals surface area contributed by atoms with Crippen molar-refractivity contribution in [3.8, 4) is 0 Å². The van der Waals surface area contributed by atoms with Crippen LogP contribution in [0.5, 0.6) is 0 Å². The van der Waals surface area contributed by atoms with E-state index in [2.05, 4.69) is 0 Å². The van der Waals surface area contributed by atoms with Gasteiger partial charge in [0.15, 0.2) is 0 Å². The lowest BCUT2D eigenvalue weighted by atomic mass is 10.2. The largest absolute Gasteiger partial charge is 0.396 e. The Bertz CT molecular complexity index is 186. The molecule has 0 heterocycles. The Morgan fingerprint density at radius 3 is 1.92 bits per heavy atom. The first-order chi connectivity index (χ1) is 5.56. The molecule has 0 aliphatic carbocycles. The van der Waals surface area contributed by atoms with Crippen LogP contribution in [0.3, 0.4) is 0 Å². The van der Waals surface area contributed by atoms with E-state index in [0.717, 1.165) is 25.7 Å². The maximum atomic E-state index is 10.2. The van der Waals surface area contributed by atoms with Crippen LogP contribution in [0.4, 0.5) is 0 Å². The first kappa shape index (κ1) is 11.9. The van der Waals surface area contributed by atoms with Crippen molar-refractivity contribution < 1.29 is 18.1 Å². The summed E-state index contributed by atoms with van der Waals surface area (Å²) in [4.78, 5) is 0. The van der Waals surface area contributed by atoms with Crippen molar-refractivity contribution in [1.82, 2.24) is 0 Å². The second-order valence-corrected chi connectivity index (χ2v) is 4.35. The van der Waals surface area contributed by atoms with E-state index in [1.165, 1.54) is 0 Å². The van der Waals surface area contributed by atoms with Crippen molar-refractivity contribution in [2.75, 3.05) is 12.4 Å². The van der Waals surface area contributed by atoms with Gasteiger partial charge in [-0.3, -0.25) is 4.55 Å². The van der Waals surface area contributed by atoms with Crippen molar-refractivity contribution in [3.05, 3.63) is 0 Å². The zero-order valence-corrected chi connectivity index (χ0v) is 7.89. The number of rotatable bonds is 7. The number of hydrogen-bond acceptors (Lipinski definition) is 3. The maximum absolute atomic E-state index is 10.2. The molecule has 0 bridgehead atoms. The van der Waals surface area contributed by atoms with Crippen LogP contribution in [0, 0.1) is 0 Å². The fraction of sp³-hybridized carbons (Fsp3) is 1.00. The van der Waals surface area contributed by atoms with Gasteiger partial charge in [-0.1, -0.05) is 19.3 Å². The lowest BCUT2D eigenvalue weighted by Crippen LogP contribution is -2.03. The van der Waals surface area contributed by atoms with Gasteiger partial charge in [-0.2, -0.15) is 8.42 Å². The molecule has 0 aliphatic rings. The second kappa shape index (κ2) is 6.39. The monoisotopic (exact) mass is 196 g/mol. The van der Waals surface area contributed by atoms with E-state index in [1.54, 1.807) is 0 Å². The lowest BCUT2D eigenvalue weighted by Gasteiger charge is -1.98. The average molecular weight is 196 g/mol. The van der Waals surface area contributed by atoms with Crippen molar-refractivity contribution in [3.63, 3.8) is 0 Å². The van der Waals surface area contributed by atoms with Crippen LogP contribution in [-0.4, -0.2) is 30.4 Å². The lowest BCUT2D eigenvalue weighted by molar-refractivity contribution is 0.282. The van der Waals surface area contributed by atoms with Gasteiger partial charge in [0.2, 0.25) is 0 Å². The van der Waals surface area contributed by atoms with Gasteiger partial charge in [0.1, 0.15) is 0 Å². The van der Waals surface area contributed by atoms with Crippen molar-refractivity contribution in [1.29, 1.82) is 0 Å². The molecule has 0 radical (unpaired) electrons. The summed E-state index contributed by atoms with van der Waals surface area (Å²) in [6, 6.07) is 0. The molecule has 0 amide bonds. The third-order valence-corrected chi connectivity index (χ3v) is 2.36. The standard InChI is InChI=1S/C7H16O4S/c8-6-4-2-1-3-5-7-12(9,10)11/h8H,1-7H2,(H,9,10,11). The Labute approximate surface area is 73.4 Å². The van der Waals surface area contributed by atoms with Crippen molar-refractivity contribution in [2.24, 2.45) is 0 Å². The molecule has 0 unspecified atom stereocenters. The molecule has 74 valence electrons. The summed E-state index contributed by atoms with van der Waals surface area (Å²) < 4.78 is 28.8. The van der Waals surface area contributed by atoms with Gasteiger partial charge < -0.3 is 5.11 Å². The fourth-order valence-electron chi connectivity index (χ4n) is 0.927. The first-order valence-corrected chi connectivity index (χ1v) is 5.73. The summed E-state index contributed by atoms with van der Waals surface area (Å²) >= 11 is 0. The summed E-state index contributed by atoms with van der Waals surface area (Å²) in [5.41, 5.74) is 0. The Morgan fingerprint density at radius 2 is 1.42 bits per heavy atom. The molecule has 4 nitrogen and oxygen atoms in total. The van der Waals surface area contributed by atoms with Crippen LogP contribution in [0.25, 0.3) is 0 Å². The Balaban J connectivity index is 3.12. The topological polar surface area (TPSA) is 74.6 Å². The van der Waals surface area contributed by atoms with Crippen LogP contribution in [0.2, 0.25) is 0 Å². The zero-order chi connectivity index (χ0) is 9.45. The molecule has 0 aromatic carbocycles. The van der Waals surface area contributed by atoms with Crippen molar-refractivity contribution in [2.45, 2.75) is 32.1 Å². The Kier molecular flexibility index (Phi) is 6.32. The quantitative estimate of drug-likeness (QED) is 0.467. The minimum Gasteiger partial charge on any atom is -0.396 e. The molecule has 0 saturated heterocycles. The number of hydrogen-bond donors (Lipinski definition) is 2. The molecule has 0 aromatic heterocycles. The highest BCUT2D eigenvalue weighted by atomic mass is 32.2. The molecular weight excluding hydrogens is 180 g/mol. The van der Waals surface area contributed by atoms with Crippen LogP contribution in [0.1, 0.15) is 32.1 Å². The maximum Gasteiger partial charge on any atom is 0.264 e. The molecule has 0 spiro atoms. The summed E-state index contributed by atoms with van der Waals surface area (Å²) in [7, 11) is -3.77. The van der Waals surface area contributed by atoms with E-state index in [9.17, 15) is 8.42 Å². The van der Waals surface area contributed by atoms with Gasteiger partial charge in [-0.05, 0) is 12.8 Å². The van der Waals surface area contributed by atoms with Crippen LogP contribution < -0.4 is 0 Å². The minimum atomic E-state index is -3.77. The predicted molar refractivity (Wildman–Crippen MR) is 46.6 cm³/mol. The fourth-order valence-corrected chi connectivity index (χ4v) is 1.50. The number of aliphatic hydroxyl groups excluding tert-OH is 1.